The van der Waals surface area contributed by atoms with Crippen LogP contribution in [-0.2, 0) is 6.54 Å². The highest BCUT2D eigenvalue weighted by Gasteiger charge is 2.17. The van der Waals surface area contributed by atoms with Crippen LogP contribution in [0.5, 0.6) is 0 Å². The van der Waals surface area contributed by atoms with Gasteiger partial charge < -0.3 is 9.67 Å². The molecule has 1 N–H and O–H groups in total. The van der Waals surface area contributed by atoms with Crippen molar-refractivity contribution in [3.05, 3.63) is 74.3 Å². The number of nitro groups is 1. The van der Waals surface area contributed by atoms with Crippen molar-refractivity contribution >= 4 is 22.6 Å². The average molecular weight is 356 g/mol. The quantitative estimate of drug-likeness (QED) is 0.570. The highest BCUT2D eigenvalue weighted by Crippen LogP contribution is 2.28. The van der Waals surface area contributed by atoms with Gasteiger partial charge in [-0.2, -0.15) is 0 Å². The molecule has 0 saturated carbocycles. The van der Waals surface area contributed by atoms with Gasteiger partial charge in [-0.3, -0.25) is 14.9 Å². The Hall–Kier alpha value is -3.55. The number of carboxylic acids is 1. The number of carboxylic acid groups (broad SMARTS) is 1. The molecule has 0 amide bonds. The van der Waals surface area contributed by atoms with Crippen LogP contribution >= 0.6 is 0 Å². The minimum atomic E-state index is -1.38. The van der Waals surface area contributed by atoms with Crippen molar-refractivity contribution in [3.63, 3.8) is 0 Å². The molecule has 0 aliphatic heterocycles. The fourth-order valence-electron chi connectivity index (χ4n) is 2.81. The Bertz CT molecular complexity index is 1100. The maximum absolute atomic E-state index is 14.6. The molecule has 0 aliphatic carbocycles. The summed E-state index contributed by atoms with van der Waals surface area (Å²) in [5.41, 5.74) is -0.346. The van der Waals surface area contributed by atoms with Crippen molar-refractivity contribution in [1.29, 1.82) is 0 Å². The van der Waals surface area contributed by atoms with Crippen molar-refractivity contribution in [2.75, 3.05) is 0 Å². The van der Waals surface area contributed by atoms with E-state index in [0.29, 0.717) is 17.6 Å². The third kappa shape index (κ3) is 2.81. The normalized spacial score (nSPS) is 10.8. The minimum Gasteiger partial charge on any atom is -0.477 e. The molecule has 0 unspecified atom stereocenters. The van der Waals surface area contributed by atoms with Crippen LogP contribution in [0, 0.1) is 15.9 Å². The molecular formula is C18H13FN2O5. The molecule has 0 radical (unpaired) electrons. The van der Waals surface area contributed by atoms with Crippen molar-refractivity contribution < 1.29 is 19.2 Å². The summed E-state index contributed by atoms with van der Waals surface area (Å²) in [6, 6.07) is 7.82. The van der Waals surface area contributed by atoms with E-state index in [0.717, 1.165) is 6.07 Å². The summed E-state index contributed by atoms with van der Waals surface area (Å²) in [5, 5.41) is 19.9. The van der Waals surface area contributed by atoms with Gasteiger partial charge >= 0.3 is 5.97 Å². The van der Waals surface area contributed by atoms with E-state index < -0.39 is 27.7 Å². The number of carbonyl (C=O) groups is 1. The van der Waals surface area contributed by atoms with E-state index >= 15 is 0 Å². The number of non-ortho nitro benzene ring substituents is 1. The number of rotatable bonds is 4. The number of aryl methyl sites for hydroxylation is 1. The van der Waals surface area contributed by atoms with Crippen molar-refractivity contribution in [2.45, 2.75) is 13.5 Å². The monoisotopic (exact) mass is 356 g/mol. The summed E-state index contributed by atoms with van der Waals surface area (Å²) < 4.78 is 16.1. The van der Waals surface area contributed by atoms with Crippen LogP contribution in [0.25, 0.3) is 22.0 Å². The fraction of sp³-hybridized carbons (Fsp3) is 0.111. The first kappa shape index (κ1) is 17.3. The zero-order valence-corrected chi connectivity index (χ0v) is 13.6. The molecule has 1 heterocycles. The predicted molar refractivity (Wildman–Crippen MR) is 92.9 cm³/mol. The summed E-state index contributed by atoms with van der Waals surface area (Å²) in [5.74, 6) is -2.09. The van der Waals surface area contributed by atoms with Gasteiger partial charge in [-0.1, -0.05) is 0 Å². The van der Waals surface area contributed by atoms with Crippen molar-refractivity contribution in [3.8, 4) is 11.1 Å². The molecule has 26 heavy (non-hydrogen) atoms. The number of pyridine rings is 1. The average Bonchev–Trinajstić information content (AvgIpc) is 2.62. The molecule has 132 valence electrons. The third-order valence-electron chi connectivity index (χ3n) is 4.13. The highest BCUT2D eigenvalue weighted by atomic mass is 19.1. The van der Waals surface area contributed by atoms with Gasteiger partial charge in [0.1, 0.15) is 11.4 Å². The number of hydrogen-bond acceptors (Lipinski definition) is 4. The Morgan fingerprint density at radius 3 is 2.46 bits per heavy atom. The van der Waals surface area contributed by atoms with Crippen LogP contribution in [0.4, 0.5) is 10.1 Å². The van der Waals surface area contributed by atoms with E-state index in [2.05, 4.69) is 0 Å². The molecule has 0 atom stereocenters. The van der Waals surface area contributed by atoms with E-state index in [4.69, 9.17) is 5.11 Å². The fourth-order valence-corrected chi connectivity index (χ4v) is 2.81. The third-order valence-corrected chi connectivity index (χ3v) is 4.13. The van der Waals surface area contributed by atoms with Crippen LogP contribution < -0.4 is 5.43 Å². The van der Waals surface area contributed by atoms with Crippen LogP contribution in [0.15, 0.2) is 47.4 Å². The summed E-state index contributed by atoms with van der Waals surface area (Å²) in [6.45, 7) is 2.15. The molecule has 0 saturated heterocycles. The number of halogens is 1. The van der Waals surface area contributed by atoms with Gasteiger partial charge in [0.2, 0.25) is 5.43 Å². The second-order valence-electron chi connectivity index (χ2n) is 5.62. The zero-order valence-electron chi connectivity index (χ0n) is 13.6. The summed E-state index contributed by atoms with van der Waals surface area (Å²) >= 11 is 0. The van der Waals surface area contributed by atoms with Gasteiger partial charge in [-0.25, -0.2) is 9.18 Å². The lowest BCUT2D eigenvalue weighted by molar-refractivity contribution is -0.384. The molecule has 7 nitrogen and oxygen atoms in total. The van der Waals surface area contributed by atoms with Crippen molar-refractivity contribution in [2.24, 2.45) is 0 Å². The molecule has 0 fully saturated rings. The number of aromatic nitrogens is 1. The van der Waals surface area contributed by atoms with Crippen LogP contribution in [-0.4, -0.2) is 20.6 Å². The Labute approximate surface area is 146 Å². The first-order chi connectivity index (χ1) is 12.3. The second kappa shape index (κ2) is 6.40. The number of nitrogens with zero attached hydrogens (tertiary/aromatic N) is 2. The molecule has 1 aromatic heterocycles. The summed E-state index contributed by atoms with van der Waals surface area (Å²) in [4.78, 5) is 33.7. The van der Waals surface area contributed by atoms with Gasteiger partial charge in [0.25, 0.3) is 5.69 Å². The van der Waals surface area contributed by atoms with Crippen molar-refractivity contribution in [1.82, 2.24) is 4.57 Å². The second-order valence-corrected chi connectivity index (χ2v) is 5.62. The lowest BCUT2D eigenvalue weighted by atomic mass is 10.0. The van der Waals surface area contributed by atoms with Crippen LogP contribution in [0.3, 0.4) is 0 Å². The predicted octanol–water partition coefficient (Wildman–Crippen LogP) is 3.43. The van der Waals surface area contributed by atoms with E-state index in [1.807, 2.05) is 0 Å². The molecule has 2 aromatic carbocycles. The summed E-state index contributed by atoms with van der Waals surface area (Å²) in [7, 11) is 0. The SMILES string of the molecule is CCn1cc(C(=O)O)c(=O)c2cc(F)c(-c3ccc([N+](=O)[O-])cc3)cc21. The lowest BCUT2D eigenvalue weighted by Crippen LogP contribution is -2.19. The number of nitro benzene ring substituents is 1. The molecule has 0 bridgehead atoms. The molecular weight excluding hydrogens is 343 g/mol. The summed E-state index contributed by atoms with van der Waals surface area (Å²) in [6.07, 6.45) is 1.23. The molecule has 3 aromatic rings. The first-order valence-electron chi connectivity index (χ1n) is 7.68. The number of hydrogen-bond donors (Lipinski definition) is 1. The van der Waals surface area contributed by atoms with Gasteiger partial charge in [0.15, 0.2) is 0 Å². The Kier molecular flexibility index (Phi) is 4.25. The number of fused-ring (bicyclic) bond motifs is 1. The Balaban J connectivity index is 2.28. The van der Waals surface area contributed by atoms with Gasteiger partial charge in [0, 0.05) is 35.8 Å². The van der Waals surface area contributed by atoms with E-state index in [9.17, 15) is 24.1 Å². The van der Waals surface area contributed by atoms with E-state index in [1.54, 1.807) is 11.5 Å². The number of aromatic carboxylic acids is 1. The van der Waals surface area contributed by atoms with Gasteiger partial charge in [0.05, 0.1) is 10.4 Å². The Morgan fingerprint density at radius 2 is 1.92 bits per heavy atom. The minimum absolute atomic E-state index is 0.0325. The standard InChI is InChI=1S/C18H13FN2O5/c1-2-20-9-14(18(23)24)17(22)13-7-15(19)12(8-16(13)20)10-3-5-11(6-4-10)21(25)26/h3-9H,2H2,1H3,(H,23,24). The zero-order chi connectivity index (χ0) is 19.0. The largest absolute Gasteiger partial charge is 0.477 e. The van der Waals surface area contributed by atoms with Crippen LogP contribution in [0.1, 0.15) is 17.3 Å². The maximum Gasteiger partial charge on any atom is 0.341 e. The van der Waals surface area contributed by atoms with E-state index in [-0.39, 0.29) is 16.6 Å². The molecule has 0 aliphatic rings. The molecule has 8 heteroatoms. The van der Waals surface area contributed by atoms with Crippen LogP contribution in [0.2, 0.25) is 0 Å². The van der Waals surface area contributed by atoms with Gasteiger partial charge in [-0.15, -0.1) is 0 Å². The van der Waals surface area contributed by atoms with E-state index in [1.165, 1.54) is 36.5 Å². The lowest BCUT2D eigenvalue weighted by Gasteiger charge is -2.12. The van der Waals surface area contributed by atoms with Gasteiger partial charge in [-0.05, 0) is 36.8 Å². The Morgan fingerprint density at radius 1 is 1.27 bits per heavy atom. The first-order valence-corrected chi connectivity index (χ1v) is 7.68. The molecule has 0 spiro atoms. The molecule has 3 rings (SSSR count). The smallest absolute Gasteiger partial charge is 0.341 e. The maximum atomic E-state index is 14.6. The topological polar surface area (TPSA) is 102 Å². The highest BCUT2D eigenvalue weighted by molar-refractivity contribution is 5.94. The number of benzene rings is 2.